The van der Waals surface area contributed by atoms with Crippen LogP contribution < -0.4 is 5.32 Å². The van der Waals surface area contributed by atoms with Gasteiger partial charge in [-0.2, -0.15) is 0 Å². The van der Waals surface area contributed by atoms with Crippen LogP contribution in [0.2, 0.25) is 0 Å². The van der Waals surface area contributed by atoms with Crippen molar-refractivity contribution in [3.63, 3.8) is 0 Å². The minimum Gasteiger partial charge on any atom is -0.391 e. The molecule has 0 bridgehead atoms. The van der Waals surface area contributed by atoms with E-state index >= 15 is 0 Å². The second kappa shape index (κ2) is 6.44. The van der Waals surface area contributed by atoms with E-state index in [4.69, 9.17) is 0 Å². The number of nitrogens with zero attached hydrogens (tertiary/aromatic N) is 3. The van der Waals surface area contributed by atoms with Crippen LogP contribution in [0.3, 0.4) is 0 Å². The number of carbonyl (C=O) groups excluding carboxylic acids is 3. The van der Waals surface area contributed by atoms with E-state index in [-0.39, 0.29) is 24.9 Å². The van der Waals surface area contributed by atoms with Crippen molar-refractivity contribution >= 4 is 17.8 Å². The molecular weight excluding hydrogens is 324 g/mol. The van der Waals surface area contributed by atoms with Crippen LogP contribution in [-0.4, -0.2) is 69.0 Å². The summed E-state index contributed by atoms with van der Waals surface area (Å²) in [6.07, 6.45) is 1.62. The summed E-state index contributed by atoms with van der Waals surface area (Å²) in [5.74, 6) is -0.877. The first-order valence-corrected chi connectivity index (χ1v) is 8.28. The SMILES string of the molecule is CC1(C)NC(=O)N(CC(=O)N2C[C@@H](Cc3ccccn3)[C@H](O)C2)C1=O. The Hall–Kier alpha value is -2.48. The lowest BCUT2D eigenvalue weighted by molar-refractivity contribution is -0.138. The molecule has 0 radical (unpaired) electrons. The van der Waals surface area contributed by atoms with Crippen molar-refractivity contribution in [2.75, 3.05) is 19.6 Å². The highest BCUT2D eigenvalue weighted by Crippen LogP contribution is 2.22. The number of pyridine rings is 1. The first kappa shape index (κ1) is 17.3. The highest BCUT2D eigenvalue weighted by Gasteiger charge is 2.46. The molecule has 0 aliphatic carbocycles. The normalized spacial score (nSPS) is 25.4. The molecule has 2 aliphatic heterocycles. The number of imide groups is 1. The Morgan fingerprint density at radius 2 is 2.12 bits per heavy atom. The minimum absolute atomic E-state index is 0.113. The zero-order valence-corrected chi connectivity index (χ0v) is 14.3. The summed E-state index contributed by atoms with van der Waals surface area (Å²) >= 11 is 0. The van der Waals surface area contributed by atoms with E-state index in [9.17, 15) is 19.5 Å². The van der Waals surface area contributed by atoms with E-state index in [0.717, 1.165) is 10.6 Å². The zero-order chi connectivity index (χ0) is 18.2. The van der Waals surface area contributed by atoms with Crippen LogP contribution in [0.4, 0.5) is 4.79 Å². The van der Waals surface area contributed by atoms with Gasteiger partial charge < -0.3 is 15.3 Å². The molecule has 8 heteroatoms. The van der Waals surface area contributed by atoms with Crippen LogP contribution in [0.15, 0.2) is 24.4 Å². The highest BCUT2D eigenvalue weighted by atomic mass is 16.3. The number of β-amino-alcohol motifs (C(OH)–C–C–N with tert-alkyl or cyclic N) is 1. The number of likely N-dealkylation sites (tertiary alicyclic amines) is 1. The van der Waals surface area contributed by atoms with Crippen LogP contribution in [-0.2, 0) is 16.0 Å². The molecule has 2 fully saturated rings. The number of nitrogens with one attached hydrogen (secondary N) is 1. The summed E-state index contributed by atoms with van der Waals surface area (Å²) in [7, 11) is 0. The van der Waals surface area contributed by atoms with Gasteiger partial charge in [0.1, 0.15) is 12.1 Å². The van der Waals surface area contributed by atoms with Gasteiger partial charge in [-0.25, -0.2) is 4.79 Å². The van der Waals surface area contributed by atoms with Crippen molar-refractivity contribution in [1.82, 2.24) is 20.1 Å². The lowest BCUT2D eigenvalue weighted by Crippen LogP contribution is -2.44. The van der Waals surface area contributed by atoms with Crippen LogP contribution >= 0.6 is 0 Å². The van der Waals surface area contributed by atoms with E-state index in [2.05, 4.69) is 10.3 Å². The van der Waals surface area contributed by atoms with Gasteiger partial charge in [0.2, 0.25) is 5.91 Å². The summed E-state index contributed by atoms with van der Waals surface area (Å²) in [6.45, 7) is 3.46. The van der Waals surface area contributed by atoms with Crippen molar-refractivity contribution in [3.8, 4) is 0 Å². The number of aromatic nitrogens is 1. The molecule has 8 nitrogen and oxygen atoms in total. The van der Waals surface area contributed by atoms with Gasteiger partial charge in [-0.05, 0) is 32.4 Å². The second-order valence-corrected chi connectivity index (χ2v) is 7.10. The smallest absolute Gasteiger partial charge is 0.325 e. The Kier molecular flexibility index (Phi) is 4.47. The third-order valence-electron chi connectivity index (χ3n) is 4.69. The van der Waals surface area contributed by atoms with E-state index in [1.165, 1.54) is 4.90 Å². The summed E-state index contributed by atoms with van der Waals surface area (Å²) in [4.78, 5) is 43.2. The van der Waals surface area contributed by atoms with E-state index in [1.54, 1.807) is 20.0 Å². The second-order valence-electron chi connectivity index (χ2n) is 7.10. The first-order valence-electron chi connectivity index (χ1n) is 8.28. The third kappa shape index (κ3) is 3.48. The molecule has 0 saturated carbocycles. The van der Waals surface area contributed by atoms with E-state index < -0.39 is 23.6 Å². The van der Waals surface area contributed by atoms with Gasteiger partial charge in [-0.1, -0.05) is 6.07 Å². The van der Waals surface area contributed by atoms with Crippen LogP contribution in [0.5, 0.6) is 0 Å². The fourth-order valence-electron chi connectivity index (χ4n) is 3.24. The summed E-state index contributed by atoms with van der Waals surface area (Å²) in [5.41, 5.74) is -0.139. The number of hydrogen-bond donors (Lipinski definition) is 2. The highest BCUT2D eigenvalue weighted by molar-refractivity contribution is 6.08. The minimum atomic E-state index is -0.997. The summed E-state index contributed by atoms with van der Waals surface area (Å²) in [6, 6.07) is 5.02. The third-order valence-corrected chi connectivity index (χ3v) is 4.69. The van der Waals surface area contributed by atoms with Gasteiger partial charge in [0.15, 0.2) is 0 Å². The van der Waals surface area contributed by atoms with Crippen molar-refractivity contribution < 1.29 is 19.5 Å². The van der Waals surface area contributed by atoms with Gasteiger partial charge in [0, 0.05) is 30.9 Å². The molecule has 0 spiro atoms. The molecule has 2 aliphatic rings. The maximum atomic E-state index is 12.5. The van der Waals surface area contributed by atoms with Gasteiger partial charge in [0.05, 0.1) is 6.10 Å². The number of aliphatic hydroxyl groups is 1. The average Bonchev–Trinajstić information content (AvgIpc) is 3.01. The number of carbonyl (C=O) groups is 3. The topological polar surface area (TPSA) is 103 Å². The fourth-order valence-corrected chi connectivity index (χ4v) is 3.24. The molecule has 1 aromatic rings. The first-order chi connectivity index (χ1) is 11.8. The Morgan fingerprint density at radius 3 is 2.72 bits per heavy atom. The monoisotopic (exact) mass is 346 g/mol. The maximum Gasteiger partial charge on any atom is 0.325 e. The fraction of sp³-hybridized carbons (Fsp3) is 0.529. The van der Waals surface area contributed by atoms with E-state index in [0.29, 0.717) is 13.0 Å². The van der Waals surface area contributed by atoms with Gasteiger partial charge in [-0.15, -0.1) is 0 Å². The van der Waals surface area contributed by atoms with Gasteiger partial charge in [0.25, 0.3) is 5.91 Å². The van der Waals surface area contributed by atoms with Crippen molar-refractivity contribution in [2.24, 2.45) is 5.92 Å². The maximum absolute atomic E-state index is 12.5. The van der Waals surface area contributed by atoms with E-state index in [1.807, 2.05) is 18.2 Å². The Labute approximate surface area is 145 Å². The zero-order valence-electron chi connectivity index (χ0n) is 14.3. The van der Waals surface area contributed by atoms with Crippen molar-refractivity contribution in [1.29, 1.82) is 0 Å². The summed E-state index contributed by atoms with van der Waals surface area (Å²) in [5, 5.41) is 12.8. The predicted molar refractivity (Wildman–Crippen MR) is 88.3 cm³/mol. The largest absolute Gasteiger partial charge is 0.391 e. The van der Waals surface area contributed by atoms with Crippen molar-refractivity contribution in [2.45, 2.75) is 31.9 Å². The number of aliphatic hydroxyl groups excluding tert-OH is 1. The number of hydrogen-bond acceptors (Lipinski definition) is 5. The van der Waals surface area contributed by atoms with Crippen molar-refractivity contribution in [3.05, 3.63) is 30.1 Å². The molecular formula is C17H22N4O4. The number of rotatable bonds is 4. The molecule has 1 aromatic heterocycles. The molecule has 4 amide bonds. The average molecular weight is 346 g/mol. The Morgan fingerprint density at radius 1 is 1.36 bits per heavy atom. The molecule has 3 heterocycles. The molecule has 25 heavy (non-hydrogen) atoms. The molecule has 3 rings (SSSR count). The number of urea groups is 1. The molecule has 134 valence electrons. The quantitative estimate of drug-likeness (QED) is 0.734. The Balaban J connectivity index is 1.60. The molecule has 0 aromatic carbocycles. The predicted octanol–water partition coefficient (Wildman–Crippen LogP) is -0.226. The molecule has 2 N–H and O–H groups in total. The Bertz CT molecular complexity index is 691. The van der Waals surface area contributed by atoms with Crippen LogP contribution in [0, 0.1) is 5.92 Å². The van der Waals surface area contributed by atoms with Gasteiger partial charge in [-0.3, -0.25) is 19.5 Å². The molecule has 2 atom stereocenters. The standard InChI is InChI=1S/C17H22N4O4/c1-17(2)15(24)21(16(25)19-17)10-14(23)20-8-11(13(22)9-20)7-12-5-3-4-6-18-12/h3-6,11,13,22H,7-10H2,1-2H3,(H,19,25)/t11-,13-/m1/s1. The van der Waals surface area contributed by atoms with Gasteiger partial charge >= 0.3 is 6.03 Å². The summed E-state index contributed by atoms with van der Waals surface area (Å²) < 4.78 is 0. The van der Waals surface area contributed by atoms with Crippen LogP contribution in [0.25, 0.3) is 0 Å². The lowest BCUT2D eigenvalue weighted by Gasteiger charge is -2.20. The molecule has 2 saturated heterocycles. The molecule has 0 unspecified atom stereocenters. The lowest BCUT2D eigenvalue weighted by atomic mass is 10.00. The van der Waals surface area contributed by atoms with Crippen LogP contribution in [0.1, 0.15) is 19.5 Å². The number of amides is 4.